The zero-order valence-corrected chi connectivity index (χ0v) is 11.6. The molecule has 0 saturated carbocycles. The van der Waals surface area contributed by atoms with E-state index >= 15 is 0 Å². The average Bonchev–Trinajstić information content (AvgIpc) is 2.82. The highest BCUT2D eigenvalue weighted by atomic mass is 32.2. The molecule has 2 heterocycles. The number of aromatic nitrogens is 4. The minimum Gasteiger partial charge on any atom is -0.370 e. The summed E-state index contributed by atoms with van der Waals surface area (Å²) in [6.45, 7) is 7.08. The van der Waals surface area contributed by atoms with Crippen LogP contribution in [0.2, 0.25) is 0 Å². The molecule has 2 aromatic heterocycles. The Morgan fingerprint density at radius 1 is 1.39 bits per heavy atom. The largest absolute Gasteiger partial charge is 0.370 e. The van der Waals surface area contributed by atoms with E-state index in [9.17, 15) is 0 Å². The Morgan fingerprint density at radius 3 is 2.83 bits per heavy atom. The first kappa shape index (κ1) is 12.9. The van der Waals surface area contributed by atoms with Crippen LogP contribution in [0.15, 0.2) is 28.6 Å². The zero-order valence-electron chi connectivity index (χ0n) is 10.8. The summed E-state index contributed by atoms with van der Waals surface area (Å²) in [5, 5.41) is 4.97. The van der Waals surface area contributed by atoms with Gasteiger partial charge in [0.25, 0.3) is 0 Å². The van der Waals surface area contributed by atoms with Gasteiger partial charge in [-0.2, -0.15) is 0 Å². The molecular weight excluding hydrogens is 246 g/mol. The summed E-state index contributed by atoms with van der Waals surface area (Å²) >= 11 is 1.51. The number of hydrogen-bond donors (Lipinski definition) is 2. The minimum atomic E-state index is 0.305. The molecule has 18 heavy (non-hydrogen) atoms. The highest BCUT2D eigenvalue weighted by molar-refractivity contribution is 7.99. The van der Waals surface area contributed by atoms with Crippen LogP contribution < -0.4 is 5.32 Å². The first-order valence-electron chi connectivity index (χ1n) is 5.99. The van der Waals surface area contributed by atoms with Gasteiger partial charge in [0.1, 0.15) is 16.7 Å². The van der Waals surface area contributed by atoms with Crippen molar-refractivity contribution in [2.45, 2.75) is 36.9 Å². The zero-order chi connectivity index (χ0) is 13.0. The first-order valence-corrected chi connectivity index (χ1v) is 6.80. The van der Waals surface area contributed by atoms with Gasteiger partial charge in [0, 0.05) is 30.9 Å². The lowest BCUT2D eigenvalue weighted by Crippen LogP contribution is -2.05. The van der Waals surface area contributed by atoms with Gasteiger partial charge >= 0.3 is 0 Å². The van der Waals surface area contributed by atoms with E-state index in [0.29, 0.717) is 5.92 Å². The van der Waals surface area contributed by atoms with Gasteiger partial charge in [0.05, 0.1) is 0 Å². The van der Waals surface area contributed by atoms with Crippen LogP contribution in [0.5, 0.6) is 0 Å². The number of nitrogens with one attached hydrogen (secondary N) is 2. The van der Waals surface area contributed by atoms with Gasteiger partial charge < -0.3 is 10.3 Å². The smallest absolute Gasteiger partial charge is 0.171 e. The Bertz CT molecular complexity index is 495. The number of aromatic amines is 1. The van der Waals surface area contributed by atoms with Gasteiger partial charge in [-0.25, -0.2) is 15.0 Å². The molecule has 0 fully saturated rings. The molecule has 2 aromatic rings. The average molecular weight is 263 g/mol. The third-order valence-electron chi connectivity index (χ3n) is 2.27. The summed E-state index contributed by atoms with van der Waals surface area (Å²) in [4.78, 5) is 16.3. The second-order valence-electron chi connectivity index (χ2n) is 4.13. The molecule has 0 amide bonds. The predicted molar refractivity (Wildman–Crippen MR) is 73.0 cm³/mol. The van der Waals surface area contributed by atoms with E-state index in [1.54, 1.807) is 12.4 Å². The van der Waals surface area contributed by atoms with Crippen molar-refractivity contribution in [3.8, 4) is 0 Å². The lowest BCUT2D eigenvalue weighted by molar-refractivity contribution is 0.754. The Balaban J connectivity index is 2.27. The number of anilines is 1. The standard InChI is InChI=1S/C12H17N5S/c1-4-13-9-7-10(17-11(16-9)8(2)3)18-12-14-5-6-15-12/h5-8H,4H2,1-3H3,(H,14,15)(H,13,16,17). The fraction of sp³-hybridized carbons (Fsp3) is 0.417. The molecular formula is C12H17N5S. The van der Waals surface area contributed by atoms with Crippen molar-refractivity contribution < 1.29 is 0 Å². The van der Waals surface area contributed by atoms with E-state index in [1.165, 1.54) is 11.8 Å². The topological polar surface area (TPSA) is 66.5 Å². The lowest BCUT2D eigenvalue weighted by atomic mass is 10.2. The molecule has 96 valence electrons. The molecule has 0 atom stereocenters. The monoisotopic (exact) mass is 263 g/mol. The fourth-order valence-electron chi connectivity index (χ4n) is 1.43. The van der Waals surface area contributed by atoms with E-state index in [-0.39, 0.29) is 0 Å². The fourth-order valence-corrected chi connectivity index (χ4v) is 2.18. The SMILES string of the molecule is CCNc1cc(Sc2ncc[nH]2)nc(C(C)C)n1. The summed E-state index contributed by atoms with van der Waals surface area (Å²) in [5.41, 5.74) is 0. The Hall–Kier alpha value is -1.56. The third-order valence-corrected chi connectivity index (χ3v) is 3.10. The molecule has 0 aliphatic carbocycles. The summed E-state index contributed by atoms with van der Waals surface area (Å²) in [5.74, 6) is 2.02. The molecule has 0 unspecified atom stereocenters. The maximum Gasteiger partial charge on any atom is 0.171 e. The van der Waals surface area contributed by atoms with Crippen molar-refractivity contribution in [2.24, 2.45) is 0 Å². The van der Waals surface area contributed by atoms with Crippen LogP contribution in [-0.4, -0.2) is 26.5 Å². The minimum absolute atomic E-state index is 0.305. The second kappa shape index (κ2) is 5.86. The summed E-state index contributed by atoms with van der Waals surface area (Å²) < 4.78 is 0. The van der Waals surface area contributed by atoms with Crippen LogP contribution in [0.1, 0.15) is 32.5 Å². The summed E-state index contributed by atoms with van der Waals surface area (Å²) in [6, 6.07) is 1.95. The van der Waals surface area contributed by atoms with E-state index in [4.69, 9.17) is 0 Å². The highest BCUT2D eigenvalue weighted by Crippen LogP contribution is 2.25. The molecule has 6 heteroatoms. The van der Waals surface area contributed by atoms with Crippen molar-refractivity contribution in [3.05, 3.63) is 24.3 Å². The molecule has 0 bridgehead atoms. The van der Waals surface area contributed by atoms with Gasteiger partial charge in [-0.05, 0) is 18.7 Å². The van der Waals surface area contributed by atoms with Crippen LogP contribution in [0, 0.1) is 0 Å². The predicted octanol–water partition coefficient (Wildman–Crippen LogP) is 2.91. The number of nitrogens with zero attached hydrogens (tertiary/aromatic N) is 3. The molecule has 2 rings (SSSR count). The summed E-state index contributed by atoms with van der Waals surface area (Å²) in [6.07, 6.45) is 3.54. The van der Waals surface area contributed by atoms with Gasteiger partial charge in [0.15, 0.2) is 5.16 Å². The molecule has 0 radical (unpaired) electrons. The van der Waals surface area contributed by atoms with E-state index in [1.807, 2.05) is 6.07 Å². The van der Waals surface area contributed by atoms with Crippen molar-refractivity contribution in [2.75, 3.05) is 11.9 Å². The van der Waals surface area contributed by atoms with Gasteiger partial charge in [-0.1, -0.05) is 13.8 Å². The van der Waals surface area contributed by atoms with Crippen molar-refractivity contribution >= 4 is 17.6 Å². The van der Waals surface area contributed by atoms with E-state index in [0.717, 1.165) is 28.4 Å². The quantitative estimate of drug-likeness (QED) is 0.812. The molecule has 0 spiro atoms. The van der Waals surface area contributed by atoms with Crippen molar-refractivity contribution in [3.63, 3.8) is 0 Å². The van der Waals surface area contributed by atoms with Crippen molar-refractivity contribution in [1.82, 2.24) is 19.9 Å². The van der Waals surface area contributed by atoms with Gasteiger partial charge in [-0.3, -0.25) is 0 Å². The third kappa shape index (κ3) is 3.22. The first-order chi connectivity index (χ1) is 8.69. The summed E-state index contributed by atoms with van der Waals surface area (Å²) in [7, 11) is 0. The Morgan fingerprint density at radius 2 is 2.22 bits per heavy atom. The van der Waals surface area contributed by atoms with Crippen LogP contribution in [-0.2, 0) is 0 Å². The molecule has 2 N–H and O–H groups in total. The van der Waals surface area contributed by atoms with Crippen LogP contribution >= 0.6 is 11.8 Å². The number of hydrogen-bond acceptors (Lipinski definition) is 5. The van der Waals surface area contributed by atoms with Gasteiger partial charge in [-0.15, -0.1) is 0 Å². The normalized spacial score (nSPS) is 10.9. The maximum absolute atomic E-state index is 4.54. The van der Waals surface area contributed by atoms with Crippen LogP contribution in [0.4, 0.5) is 5.82 Å². The number of imidazole rings is 1. The van der Waals surface area contributed by atoms with Gasteiger partial charge in [0.2, 0.25) is 0 Å². The highest BCUT2D eigenvalue weighted by Gasteiger charge is 2.09. The van der Waals surface area contributed by atoms with E-state index in [2.05, 4.69) is 46.0 Å². The molecule has 0 aliphatic rings. The maximum atomic E-state index is 4.54. The van der Waals surface area contributed by atoms with Crippen LogP contribution in [0.3, 0.4) is 0 Å². The molecule has 5 nitrogen and oxygen atoms in total. The second-order valence-corrected chi connectivity index (χ2v) is 5.14. The molecule has 0 aromatic carbocycles. The van der Waals surface area contributed by atoms with Crippen LogP contribution in [0.25, 0.3) is 0 Å². The number of rotatable bonds is 5. The molecule has 0 saturated heterocycles. The van der Waals surface area contributed by atoms with Crippen molar-refractivity contribution in [1.29, 1.82) is 0 Å². The Kier molecular flexibility index (Phi) is 4.19. The van der Waals surface area contributed by atoms with E-state index < -0.39 is 0 Å². The number of H-pyrrole nitrogens is 1. The molecule has 0 aliphatic heterocycles. The Labute approximate surface area is 111 Å². The lowest BCUT2D eigenvalue weighted by Gasteiger charge is -2.09.